The maximum atomic E-state index is 13.6. The molecule has 34 heavy (non-hydrogen) atoms. The third-order valence-corrected chi connectivity index (χ3v) is 7.16. The van der Waals surface area contributed by atoms with E-state index in [1.807, 2.05) is 11.0 Å². The summed E-state index contributed by atoms with van der Waals surface area (Å²) in [6.45, 7) is 7.25. The van der Waals surface area contributed by atoms with Crippen molar-refractivity contribution in [2.75, 3.05) is 29.9 Å². The number of amides is 1. The lowest BCUT2D eigenvalue weighted by Crippen LogP contribution is -2.50. The van der Waals surface area contributed by atoms with Gasteiger partial charge in [0.2, 0.25) is 11.9 Å². The van der Waals surface area contributed by atoms with Crippen LogP contribution < -0.4 is 10.2 Å². The van der Waals surface area contributed by atoms with Gasteiger partial charge in [0, 0.05) is 55.2 Å². The number of aromatic amines is 1. The summed E-state index contributed by atoms with van der Waals surface area (Å²) in [7, 11) is 0. The molecule has 184 valence electrons. The molecule has 3 aliphatic rings. The van der Waals surface area contributed by atoms with E-state index in [4.69, 9.17) is 9.97 Å². The van der Waals surface area contributed by atoms with Crippen molar-refractivity contribution in [3.8, 4) is 0 Å². The monoisotopic (exact) mass is 473 g/mol. The SMILES string of the molecule is CC(C)(C)c1cc(Nc2nc(N3CCC[C@@H]3C(=O)N3CCC(F)(F)CC3)nc3c2CCC3)n[nH]1. The van der Waals surface area contributed by atoms with Crippen molar-refractivity contribution in [1.29, 1.82) is 0 Å². The number of nitrogens with zero attached hydrogens (tertiary/aromatic N) is 5. The van der Waals surface area contributed by atoms with Crippen LogP contribution in [0.3, 0.4) is 0 Å². The van der Waals surface area contributed by atoms with Crippen molar-refractivity contribution in [2.24, 2.45) is 0 Å². The number of carbonyl (C=O) groups is 1. The molecule has 4 heterocycles. The summed E-state index contributed by atoms with van der Waals surface area (Å²) in [5, 5.41) is 10.9. The first-order chi connectivity index (χ1) is 16.1. The molecule has 0 radical (unpaired) electrons. The zero-order valence-electron chi connectivity index (χ0n) is 20.1. The number of hydrogen-bond donors (Lipinski definition) is 2. The van der Waals surface area contributed by atoms with Gasteiger partial charge in [0.15, 0.2) is 5.82 Å². The molecular weight excluding hydrogens is 440 g/mol. The highest BCUT2D eigenvalue weighted by molar-refractivity contribution is 5.85. The number of nitrogens with one attached hydrogen (secondary N) is 2. The van der Waals surface area contributed by atoms with Crippen molar-refractivity contribution in [3.63, 3.8) is 0 Å². The standard InChI is InChI=1S/C24H33F2N7O/c1-23(2,3)18-14-19(31-30-18)28-20-15-6-4-7-16(15)27-22(29-20)33-11-5-8-17(33)21(34)32-12-9-24(25,26)10-13-32/h14,17H,4-13H2,1-3H3,(H2,27,28,29,30,31)/t17-/m1/s1. The fourth-order valence-corrected chi connectivity index (χ4v) is 5.07. The maximum Gasteiger partial charge on any atom is 0.251 e. The van der Waals surface area contributed by atoms with Crippen LogP contribution in [-0.4, -0.2) is 62.6 Å². The molecule has 1 atom stereocenters. The highest BCUT2D eigenvalue weighted by atomic mass is 19.3. The Morgan fingerprint density at radius 3 is 2.62 bits per heavy atom. The van der Waals surface area contributed by atoms with Crippen LogP contribution in [0.4, 0.5) is 26.4 Å². The van der Waals surface area contributed by atoms with Gasteiger partial charge in [-0.15, -0.1) is 0 Å². The van der Waals surface area contributed by atoms with Crippen LogP contribution in [0.2, 0.25) is 0 Å². The first kappa shape index (κ1) is 23.0. The minimum Gasteiger partial charge on any atom is -0.340 e. The molecule has 5 rings (SSSR count). The predicted molar refractivity (Wildman–Crippen MR) is 126 cm³/mol. The van der Waals surface area contributed by atoms with Gasteiger partial charge in [-0.1, -0.05) is 20.8 Å². The maximum absolute atomic E-state index is 13.6. The van der Waals surface area contributed by atoms with Gasteiger partial charge >= 0.3 is 0 Å². The van der Waals surface area contributed by atoms with Crippen LogP contribution >= 0.6 is 0 Å². The average Bonchev–Trinajstić information content (AvgIpc) is 3.52. The van der Waals surface area contributed by atoms with Crippen molar-refractivity contribution in [3.05, 3.63) is 23.0 Å². The normalized spacial score (nSPS) is 22.2. The van der Waals surface area contributed by atoms with Gasteiger partial charge in [0.25, 0.3) is 5.92 Å². The molecule has 2 saturated heterocycles. The average molecular weight is 474 g/mol. The van der Waals surface area contributed by atoms with Gasteiger partial charge in [0.05, 0.1) is 5.69 Å². The largest absolute Gasteiger partial charge is 0.340 e. The summed E-state index contributed by atoms with van der Waals surface area (Å²) >= 11 is 0. The number of piperidine rings is 1. The molecular formula is C24H33F2N7O. The van der Waals surface area contributed by atoms with E-state index in [9.17, 15) is 13.6 Å². The zero-order valence-corrected chi connectivity index (χ0v) is 20.1. The smallest absolute Gasteiger partial charge is 0.251 e. The number of aromatic nitrogens is 4. The van der Waals surface area contributed by atoms with E-state index in [2.05, 4.69) is 36.3 Å². The van der Waals surface area contributed by atoms with Gasteiger partial charge < -0.3 is 15.1 Å². The highest BCUT2D eigenvalue weighted by Gasteiger charge is 2.41. The number of anilines is 3. The summed E-state index contributed by atoms with van der Waals surface area (Å²) in [6.07, 6.45) is 3.78. The lowest BCUT2D eigenvalue weighted by molar-refractivity contribution is -0.138. The highest BCUT2D eigenvalue weighted by Crippen LogP contribution is 2.34. The zero-order chi connectivity index (χ0) is 24.1. The second-order valence-corrected chi connectivity index (χ2v) is 10.7. The number of aryl methyl sites for hydroxylation is 1. The minimum atomic E-state index is -2.67. The van der Waals surface area contributed by atoms with Crippen LogP contribution in [0.1, 0.15) is 69.8 Å². The van der Waals surface area contributed by atoms with Gasteiger partial charge in [-0.2, -0.15) is 10.1 Å². The molecule has 0 spiro atoms. The number of rotatable bonds is 4. The number of alkyl halides is 2. The molecule has 10 heteroatoms. The quantitative estimate of drug-likeness (QED) is 0.699. The fraction of sp³-hybridized carbons (Fsp3) is 0.667. The molecule has 2 aromatic rings. The number of H-pyrrole nitrogens is 1. The van der Waals surface area contributed by atoms with Crippen molar-refractivity contribution in [1.82, 2.24) is 25.1 Å². The Kier molecular flexibility index (Phi) is 5.72. The second-order valence-electron chi connectivity index (χ2n) is 10.7. The summed E-state index contributed by atoms with van der Waals surface area (Å²) in [4.78, 5) is 26.5. The third kappa shape index (κ3) is 4.46. The second kappa shape index (κ2) is 8.46. The molecule has 8 nitrogen and oxygen atoms in total. The van der Waals surface area contributed by atoms with E-state index >= 15 is 0 Å². The van der Waals surface area contributed by atoms with E-state index in [0.717, 1.165) is 48.5 Å². The lowest BCUT2D eigenvalue weighted by Gasteiger charge is -2.35. The van der Waals surface area contributed by atoms with E-state index in [-0.39, 0.29) is 37.3 Å². The Hall–Kier alpha value is -2.78. The molecule has 0 bridgehead atoms. The van der Waals surface area contributed by atoms with E-state index in [1.165, 1.54) is 0 Å². The van der Waals surface area contributed by atoms with E-state index in [0.29, 0.717) is 24.7 Å². The Labute approximate surface area is 198 Å². The molecule has 2 aromatic heterocycles. The first-order valence-electron chi connectivity index (χ1n) is 12.3. The van der Waals surface area contributed by atoms with Crippen LogP contribution in [0.15, 0.2) is 6.07 Å². The van der Waals surface area contributed by atoms with Crippen LogP contribution in [0.5, 0.6) is 0 Å². The minimum absolute atomic E-state index is 0.0484. The Morgan fingerprint density at radius 1 is 1.15 bits per heavy atom. The topological polar surface area (TPSA) is 90.0 Å². The van der Waals surface area contributed by atoms with Crippen molar-refractivity contribution >= 4 is 23.5 Å². The molecule has 2 aliphatic heterocycles. The Bertz CT molecular complexity index is 1070. The third-order valence-electron chi connectivity index (χ3n) is 7.16. The number of carbonyl (C=O) groups excluding carboxylic acids is 1. The summed E-state index contributed by atoms with van der Waals surface area (Å²) < 4.78 is 27.2. The van der Waals surface area contributed by atoms with Gasteiger partial charge in [0.1, 0.15) is 11.9 Å². The summed E-state index contributed by atoms with van der Waals surface area (Å²) in [5.41, 5.74) is 3.09. The molecule has 2 N–H and O–H groups in total. The molecule has 1 amide bonds. The van der Waals surface area contributed by atoms with Crippen molar-refractivity contribution in [2.45, 2.75) is 83.1 Å². The van der Waals surface area contributed by atoms with Gasteiger partial charge in [-0.3, -0.25) is 9.89 Å². The van der Waals surface area contributed by atoms with Crippen LogP contribution in [0, 0.1) is 0 Å². The molecule has 0 saturated carbocycles. The Morgan fingerprint density at radius 2 is 1.91 bits per heavy atom. The molecule has 1 aliphatic carbocycles. The number of halogens is 2. The van der Waals surface area contributed by atoms with Crippen LogP contribution in [-0.2, 0) is 23.1 Å². The van der Waals surface area contributed by atoms with Crippen molar-refractivity contribution < 1.29 is 13.6 Å². The summed E-state index contributed by atoms with van der Waals surface area (Å²) in [5.74, 6) is -0.789. The first-order valence-corrected chi connectivity index (χ1v) is 12.3. The lowest BCUT2D eigenvalue weighted by atomic mass is 9.92. The van der Waals surface area contributed by atoms with E-state index < -0.39 is 12.0 Å². The molecule has 2 fully saturated rings. The van der Waals surface area contributed by atoms with Crippen LogP contribution in [0.25, 0.3) is 0 Å². The predicted octanol–water partition coefficient (Wildman–Crippen LogP) is 3.96. The van der Waals surface area contributed by atoms with E-state index in [1.54, 1.807) is 4.90 Å². The summed E-state index contributed by atoms with van der Waals surface area (Å²) in [6, 6.07) is 1.59. The number of likely N-dealkylation sites (tertiary alicyclic amines) is 1. The Balaban J connectivity index is 1.39. The fourth-order valence-electron chi connectivity index (χ4n) is 5.07. The van der Waals surface area contributed by atoms with Gasteiger partial charge in [-0.05, 0) is 32.1 Å². The molecule has 0 unspecified atom stereocenters. The van der Waals surface area contributed by atoms with Gasteiger partial charge in [-0.25, -0.2) is 13.8 Å². The number of fused-ring (bicyclic) bond motifs is 1. The number of hydrogen-bond acceptors (Lipinski definition) is 6. The molecule has 0 aromatic carbocycles.